The smallest absolute Gasteiger partial charge is 0.259 e. The number of hydrogen-bond donors (Lipinski definition) is 2. The molecule has 0 aliphatic carbocycles. The van der Waals surface area contributed by atoms with Gasteiger partial charge in [-0.05, 0) is 24.3 Å². The number of carbonyl (C=O) groups excluding carboxylic acids is 1. The number of carbonyl (C=O) groups is 1. The molecule has 0 atom stereocenters. The molecule has 39 heavy (non-hydrogen) atoms. The van der Waals surface area contributed by atoms with E-state index in [2.05, 4.69) is 47.2 Å². The minimum absolute atomic E-state index is 0.0784. The molecule has 0 spiro atoms. The lowest BCUT2D eigenvalue weighted by Crippen LogP contribution is -2.33. The van der Waals surface area contributed by atoms with E-state index in [-0.39, 0.29) is 12.5 Å². The summed E-state index contributed by atoms with van der Waals surface area (Å²) >= 11 is 0. The maximum absolute atomic E-state index is 13.5. The molecule has 2 N–H and O–H groups in total. The quantitative estimate of drug-likeness (QED) is 0.227. The third kappa shape index (κ3) is 5.11. The van der Waals surface area contributed by atoms with E-state index in [0.29, 0.717) is 0 Å². The normalized spacial score (nSPS) is 10.8. The van der Waals surface area contributed by atoms with E-state index >= 15 is 0 Å². The molecule has 5 nitrogen and oxygen atoms in total. The van der Waals surface area contributed by atoms with Gasteiger partial charge in [-0.15, -0.1) is 0 Å². The van der Waals surface area contributed by atoms with Crippen LogP contribution in [0.5, 0.6) is 0 Å². The van der Waals surface area contributed by atoms with Crippen LogP contribution in [0.1, 0.15) is 0 Å². The van der Waals surface area contributed by atoms with Gasteiger partial charge in [0.05, 0.1) is 22.8 Å². The Morgan fingerprint density at radius 2 is 0.744 bits per heavy atom. The Balaban J connectivity index is 1.31. The summed E-state index contributed by atoms with van der Waals surface area (Å²) in [6, 6.07) is 48.8. The molecule has 0 bridgehead atoms. The maximum Gasteiger partial charge on any atom is 0.259 e. The van der Waals surface area contributed by atoms with Crippen molar-refractivity contribution >= 4 is 5.91 Å². The molecule has 6 aromatic rings. The maximum atomic E-state index is 13.5. The second-order valence-corrected chi connectivity index (χ2v) is 9.21. The molecule has 0 fully saturated rings. The van der Waals surface area contributed by atoms with E-state index in [1.807, 2.05) is 119 Å². The lowest BCUT2D eigenvalue weighted by atomic mass is 10.2. The zero-order chi connectivity index (χ0) is 26.4. The van der Waals surface area contributed by atoms with E-state index in [0.717, 1.165) is 45.0 Å². The van der Waals surface area contributed by atoms with Gasteiger partial charge in [0.25, 0.3) is 5.91 Å². The fraction of sp³-hybridized carbons (Fsp3) is 0.0294. The first-order valence-corrected chi connectivity index (χ1v) is 13.0. The van der Waals surface area contributed by atoms with Gasteiger partial charge >= 0.3 is 0 Å². The van der Waals surface area contributed by atoms with Gasteiger partial charge in [-0.2, -0.15) is 0 Å². The molecule has 0 radical (unpaired) electrons. The average Bonchev–Trinajstić information content (AvgIpc) is 3.62. The SMILES string of the molecule is O=C(CNn1c(-c2ccccc2)ccc1-c1ccccc1)Nn1c(-c2ccccc2)ccc1-c1ccccc1. The van der Waals surface area contributed by atoms with Gasteiger partial charge in [0.2, 0.25) is 0 Å². The van der Waals surface area contributed by atoms with Crippen molar-refractivity contribution in [1.29, 1.82) is 0 Å². The molecule has 2 heterocycles. The van der Waals surface area contributed by atoms with E-state index in [1.54, 1.807) is 0 Å². The first kappa shape index (κ1) is 24.1. The van der Waals surface area contributed by atoms with Crippen LogP contribution in [0, 0.1) is 0 Å². The Morgan fingerprint density at radius 1 is 0.436 bits per heavy atom. The Morgan fingerprint density at radius 3 is 1.08 bits per heavy atom. The predicted octanol–water partition coefficient (Wildman–Crippen LogP) is 7.27. The highest BCUT2D eigenvalue weighted by atomic mass is 16.2. The number of nitrogens with one attached hydrogen (secondary N) is 2. The molecule has 0 saturated carbocycles. The summed E-state index contributed by atoms with van der Waals surface area (Å²) in [5.74, 6) is -0.160. The van der Waals surface area contributed by atoms with Crippen LogP contribution in [0.3, 0.4) is 0 Å². The second-order valence-electron chi connectivity index (χ2n) is 9.21. The summed E-state index contributed by atoms with van der Waals surface area (Å²) in [6.07, 6.45) is 0. The summed E-state index contributed by atoms with van der Waals surface area (Å²) in [5, 5.41) is 0. The van der Waals surface area contributed by atoms with Gasteiger partial charge in [0, 0.05) is 22.3 Å². The summed E-state index contributed by atoms with van der Waals surface area (Å²) < 4.78 is 3.87. The Kier molecular flexibility index (Phi) is 6.78. The van der Waals surface area contributed by atoms with Crippen molar-refractivity contribution in [3.8, 4) is 45.0 Å². The summed E-state index contributed by atoms with van der Waals surface area (Å²) in [4.78, 5) is 13.5. The van der Waals surface area contributed by atoms with Crippen LogP contribution >= 0.6 is 0 Å². The zero-order valence-electron chi connectivity index (χ0n) is 21.4. The molecule has 0 aliphatic heterocycles. The molecule has 2 aromatic heterocycles. The summed E-state index contributed by atoms with van der Waals surface area (Å²) in [6.45, 7) is 0.0784. The average molecular weight is 509 g/mol. The summed E-state index contributed by atoms with van der Waals surface area (Å²) in [7, 11) is 0. The number of hydrogen-bond acceptors (Lipinski definition) is 2. The molecule has 1 amide bonds. The minimum Gasteiger partial charge on any atom is -0.316 e. The molecular weight excluding hydrogens is 480 g/mol. The third-order valence-electron chi connectivity index (χ3n) is 6.67. The van der Waals surface area contributed by atoms with Gasteiger partial charge in [-0.25, -0.2) is 0 Å². The number of nitrogens with zero attached hydrogens (tertiary/aromatic N) is 2. The molecule has 0 saturated heterocycles. The van der Waals surface area contributed by atoms with Crippen molar-refractivity contribution in [1.82, 2.24) is 9.35 Å². The molecule has 190 valence electrons. The molecule has 4 aromatic carbocycles. The van der Waals surface area contributed by atoms with Gasteiger partial charge in [-0.1, -0.05) is 121 Å². The van der Waals surface area contributed by atoms with Gasteiger partial charge in [0.15, 0.2) is 0 Å². The molecular formula is C34H28N4O. The molecule has 5 heteroatoms. The van der Waals surface area contributed by atoms with Crippen molar-refractivity contribution in [3.63, 3.8) is 0 Å². The summed E-state index contributed by atoms with van der Waals surface area (Å²) in [5.41, 5.74) is 14.5. The fourth-order valence-corrected chi connectivity index (χ4v) is 4.82. The largest absolute Gasteiger partial charge is 0.316 e. The van der Waals surface area contributed by atoms with Crippen LogP contribution in [0.15, 0.2) is 146 Å². The number of aromatic nitrogens is 2. The van der Waals surface area contributed by atoms with Crippen LogP contribution in [-0.4, -0.2) is 21.8 Å². The van der Waals surface area contributed by atoms with Crippen LogP contribution in [0.2, 0.25) is 0 Å². The van der Waals surface area contributed by atoms with E-state index in [4.69, 9.17) is 0 Å². The standard InChI is InChI=1S/C34H28N4O/c39-34(36-38-32(28-17-9-3-10-18-28)23-24-33(38)29-19-11-4-12-20-29)25-35-37-30(26-13-5-1-6-14-26)21-22-31(37)27-15-7-2-8-16-27/h1-24,35H,25H2,(H,36,39). The van der Waals surface area contributed by atoms with E-state index < -0.39 is 0 Å². The highest BCUT2D eigenvalue weighted by Gasteiger charge is 2.16. The monoisotopic (exact) mass is 508 g/mol. The Hall–Kier alpha value is -5.29. The van der Waals surface area contributed by atoms with E-state index in [9.17, 15) is 4.79 Å². The van der Waals surface area contributed by atoms with Crippen molar-refractivity contribution in [2.24, 2.45) is 0 Å². The van der Waals surface area contributed by atoms with Crippen LogP contribution in [0.25, 0.3) is 45.0 Å². The van der Waals surface area contributed by atoms with E-state index in [1.165, 1.54) is 0 Å². The highest BCUT2D eigenvalue weighted by molar-refractivity contribution is 5.89. The lowest BCUT2D eigenvalue weighted by Gasteiger charge is -2.18. The zero-order valence-corrected chi connectivity index (χ0v) is 21.4. The Labute approximate surface area is 227 Å². The van der Waals surface area contributed by atoms with Crippen molar-refractivity contribution in [2.45, 2.75) is 0 Å². The first-order valence-electron chi connectivity index (χ1n) is 13.0. The van der Waals surface area contributed by atoms with Gasteiger partial charge in [-0.3, -0.25) is 19.6 Å². The Bertz CT molecular complexity index is 1560. The molecule has 6 rings (SSSR count). The fourth-order valence-electron chi connectivity index (χ4n) is 4.82. The predicted molar refractivity (Wildman–Crippen MR) is 159 cm³/mol. The minimum atomic E-state index is -0.160. The van der Waals surface area contributed by atoms with Crippen LogP contribution in [0.4, 0.5) is 0 Å². The lowest BCUT2D eigenvalue weighted by molar-refractivity contribution is -0.115. The highest BCUT2D eigenvalue weighted by Crippen LogP contribution is 2.29. The first-order chi connectivity index (χ1) is 19.3. The molecule has 0 unspecified atom stereocenters. The van der Waals surface area contributed by atoms with Crippen molar-refractivity contribution < 1.29 is 4.79 Å². The third-order valence-corrected chi connectivity index (χ3v) is 6.67. The van der Waals surface area contributed by atoms with Crippen LogP contribution in [-0.2, 0) is 4.79 Å². The van der Waals surface area contributed by atoms with Crippen LogP contribution < -0.4 is 10.9 Å². The second kappa shape index (κ2) is 11.0. The van der Waals surface area contributed by atoms with Crippen molar-refractivity contribution in [2.75, 3.05) is 17.4 Å². The molecule has 0 aliphatic rings. The van der Waals surface area contributed by atoms with Gasteiger partial charge < -0.3 is 5.43 Å². The number of benzene rings is 4. The number of amides is 1. The number of rotatable bonds is 8. The topological polar surface area (TPSA) is 51.0 Å². The van der Waals surface area contributed by atoms with Gasteiger partial charge in [0.1, 0.15) is 6.54 Å². The van der Waals surface area contributed by atoms with Crippen molar-refractivity contribution in [3.05, 3.63) is 146 Å².